The molecule has 4 aromatic rings. The molecule has 3 amide bonds. The number of halogens is 3. The number of anilines is 1. The lowest BCUT2D eigenvalue weighted by molar-refractivity contribution is -0.274. The summed E-state index contributed by atoms with van der Waals surface area (Å²) in [4.78, 5) is 35.6. The van der Waals surface area contributed by atoms with E-state index >= 15 is 0 Å². The molecule has 3 aromatic carbocycles. The van der Waals surface area contributed by atoms with Gasteiger partial charge in [-0.25, -0.2) is 14.5 Å². The van der Waals surface area contributed by atoms with Gasteiger partial charge in [0.25, 0.3) is 0 Å². The van der Waals surface area contributed by atoms with Crippen molar-refractivity contribution in [3.63, 3.8) is 0 Å². The smallest absolute Gasteiger partial charge is 0.406 e. The van der Waals surface area contributed by atoms with E-state index in [0.29, 0.717) is 23.2 Å². The molecule has 9 nitrogen and oxygen atoms in total. The SMILES string of the molecule is Cc1ccc(C(C)C)c(N2C(=O)CSC2=NC(=O)NCCCCc2cccc(-c3ncn(-c4ccc(OC(F)(F)F)cc4)n3)c2)c1. The molecule has 1 saturated heterocycles. The molecule has 0 saturated carbocycles. The van der Waals surface area contributed by atoms with Crippen LogP contribution in [0.1, 0.15) is 49.3 Å². The molecule has 1 N–H and O–H groups in total. The van der Waals surface area contributed by atoms with Gasteiger partial charge in [-0.2, -0.15) is 4.99 Å². The number of hydrogen-bond acceptors (Lipinski definition) is 6. The van der Waals surface area contributed by atoms with Gasteiger partial charge in [-0.15, -0.1) is 18.3 Å². The number of unbranched alkanes of at least 4 members (excludes halogenated alkanes) is 1. The first kappa shape index (κ1) is 32.7. The van der Waals surface area contributed by atoms with Crippen molar-refractivity contribution >= 4 is 34.6 Å². The topological polar surface area (TPSA) is 102 Å². The number of carbonyl (C=O) groups excluding carboxylic acids is 2. The molecule has 2 heterocycles. The number of rotatable bonds is 10. The summed E-state index contributed by atoms with van der Waals surface area (Å²) in [5.41, 5.74) is 5.24. The van der Waals surface area contributed by atoms with Gasteiger partial charge >= 0.3 is 12.4 Å². The Hall–Kier alpha value is -4.65. The van der Waals surface area contributed by atoms with Crippen molar-refractivity contribution in [2.45, 2.75) is 52.3 Å². The molecule has 0 unspecified atom stereocenters. The predicted octanol–water partition coefficient (Wildman–Crippen LogP) is 7.43. The van der Waals surface area contributed by atoms with Crippen LogP contribution in [0, 0.1) is 6.92 Å². The summed E-state index contributed by atoms with van der Waals surface area (Å²) < 4.78 is 42.7. The number of nitrogens with zero attached hydrogens (tertiary/aromatic N) is 5. The number of alkyl halides is 3. The molecule has 240 valence electrons. The van der Waals surface area contributed by atoms with Crippen LogP contribution in [0.2, 0.25) is 0 Å². The first-order valence-electron chi connectivity index (χ1n) is 14.8. The van der Waals surface area contributed by atoms with E-state index in [0.717, 1.165) is 47.2 Å². The fourth-order valence-electron chi connectivity index (χ4n) is 4.98. The van der Waals surface area contributed by atoms with Crippen LogP contribution < -0.4 is 15.0 Å². The minimum absolute atomic E-state index is 0.0955. The van der Waals surface area contributed by atoms with Crippen LogP contribution in [0.5, 0.6) is 5.75 Å². The van der Waals surface area contributed by atoms with Gasteiger partial charge in [-0.05, 0) is 85.2 Å². The van der Waals surface area contributed by atoms with Gasteiger partial charge in [0, 0.05) is 12.1 Å². The number of amides is 3. The molecule has 0 aliphatic carbocycles. The Labute approximate surface area is 268 Å². The second kappa shape index (κ2) is 14.2. The van der Waals surface area contributed by atoms with Gasteiger partial charge in [-0.3, -0.25) is 9.69 Å². The summed E-state index contributed by atoms with van der Waals surface area (Å²) >= 11 is 1.26. The van der Waals surface area contributed by atoms with E-state index in [1.807, 2.05) is 49.4 Å². The van der Waals surface area contributed by atoms with Crippen molar-refractivity contribution in [2.24, 2.45) is 4.99 Å². The highest BCUT2D eigenvalue weighted by molar-refractivity contribution is 8.15. The number of ether oxygens (including phenoxy) is 1. The zero-order valence-electron chi connectivity index (χ0n) is 25.5. The third kappa shape index (κ3) is 8.33. The van der Waals surface area contributed by atoms with Crippen LogP contribution in [0.25, 0.3) is 17.1 Å². The van der Waals surface area contributed by atoms with E-state index in [-0.39, 0.29) is 23.3 Å². The highest BCUT2D eigenvalue weighted by Crippen LogP contribution is 2.34. The van der Waals surface area contributed by atoms with Crippen LogP contribution in [0.15, 0.2) is 78.0 Å². The van der Waals surface area contributed by atoms with Crippen LogP contribution in [0.4, 0.5) is 23.7 Å². The number of aliphatic imine (C=N–C) groups is 1. The lowest BCUT2D eigenvalue weighted by Crippen LogP contribution is -2.32. The van der Waals surface area contributed by atoms with E-state index in [2.05, 4.69) is 39.0 Å². The summed E-state index contributed by atoms with van der Waals surface area (Å²) in [6, 6.07) is 18.7. The van der Waals surface area contributed by atoms with Crippen LogP contribution >= 0.6 is 11.8 Å². The highest BCUT2D eigenvalue weighted by Gasteiger charge is 2.33. The molecule has 0 bridgehead atoms. The van der Waals surface area contributed by atoms with Crippen LogP contribution in [-0.2, 0) is 11.2 Å². The Morgan fingerprint density at radius 2 is 1.87 bits per heavy atom. The number of benzene rings is 3. The van der Waals surface area contributed by atoms with E-state index in [9.17, 15) is 22.8 Å². The average molecular weight is 651 g/mol. The van der Waals surface area contributed by atoms with E-state index < -0.39 is 12.4 Å². The number of aryl methyl sites for hydroxylation is 2. The van der Waals surface area contributed by atoms with Crippen molar-refractivity contribution in [1.82, 2.24) is 20.1 Å². The van der Waals surface area contributed by atoms with E-state index in [4.69, 9.17) is 0 Å². The minimum Gasteiger partial charge on any atom is -0.406 e. The van der Waals surface area contributed by atoms with Gasteiger partial charge in [-0.1, -0.05) is 55.9 Å². The summed E-state index contributed by atoms with van der Waals surface area (Å²) in [6.07, 6.45) is -0.947. The number of aromatic nitrogens is 3. The van der Waals surface area contributed by atoms with Crippen molar-refractivity contribution < 1.29 is 27.5 Å². The summed E-state index contributed by atoms with van der Waals surface area (Å²) in [5, 5.41) is 7.69. The fourth-order valence-corrected chi connectivity index (χ4v) is 5.84. The third-order valence-corrected chi connectivity index (χ3v) is 8.12. The Balaban J connectivity index is 1.13. The molecule has 0 spiro atoms. The van der Waals surface area contributed by atoms with Gasteiger partial charge in [0.1, 0.15) is 12.1 Å². The summed E-state index contributed by atoms with van der Waals surface area (Å²) in [7, 11) is 0. The fraction of sp³-hybridized carbons (Fsp3) is 0.303. The maximum absolute atomic E-state index is 12.8. The molecule has 13 heteroatoms. The minimum atomic E-state index is -4.75. The number of thioether (sulfide) groups is 1. The monoisotopic (exact) mass is 650 g/mol. The molecule has 1 aromatic heterocycles. The number of urea groups is 1. The van der Waals surface area contributed by atoms with Crippen molar-refractivity contribution in [3.8, 4) is 22.8 Å². The predicted molar refractivity (Wildman–Crippen MR) is 172 cm³/mol. The first-order valence-corrected chi connectivity index (χ1v) is 15.8. The van der Waals surface area contributed by atoms with Gasteiger partial charge in [0.05, 0.1) is 17.1 Å². The lowest BCUT2D eigenvalue weighted by atomic mass is 9.99. The standard InChI is InChI=1S/C33H33F3N6O3S/c1-21(2)27-15-10-22(3)17-28(27)42-29(43)19-46-32(42)39-31(44)37-16-5-4-7-23-8-6-9-24(18-23)30-38-20-41(40-30)25-11-13-26(14-12-25)45-33(34,35)36/h6,8-15,17-18,20-21H,4-5,7,16,19H2,1-3H3,(H,37,44). The molecule has 1 aliphatic rings. The van der Waals surface area contributed by atoms with Crippen LogP contribution in [0.3, 0.4) is 0 Å². The summed E-state index contributed by atoms with van der Waals surface area (Å²) in [6.45, 7) is 6.54. The molecule has 1 aliphatic heterocycles. The largest absolute Gasteiger partial charge is 0.573 e. The molecular formula is C33H33F3N6O3S. The second-order valence-electron chi connectivity index (χ2n) is 11.1. The Bertz CT molecular complexity index is 1740. The third-order valence-electron chi connectivity index (χ3n) is 7.19. The van der Waals surface area contributed by atoms with Crippen molar-refractivity contribution in [1.29, 1.82) is 0 Å². The van der Waals surface area contributed by atoms with Crippen molar-refractivity contribution in [2.75, 3.05) is 17.2 Å². The number of hydrogen-bond donors (Lipinski definition) is 1. The average Bonchev–Trinajstić information content (AvgIpc) is 3.63. The normalized spacial score (nSPS) is 14.4. The number of amidine groups is 1. The molecule has 0 atom stereocenters. The highest BCUT2D eigenvalue weighted by atomic mass is 32.2. The molecular weight excluding hydrogens is 617 g/mol. The lowest BCUT2D eigenvalue weighted by Gasteiger charge is -2.22. The zero-order chi connectivity index (χ0) is 32.8. The Morgan fingerprint density at radius 1 is 1.09 bits per heavy atom. The molecule has 0 radical (unpaired) electrons. The maximum atomic E-state index is 12.8. The quantitative estimate of drug-likeness (QED) is 0.179. The summed E-state index contributed by atoms with van der Waals surface area (Å²) in [5.74, 6) is 0.510. The zero-order valence-corrected chi connectivity index (χ0v) is 26.4. The first-order chi connectivity index (χ1) is 22.0. The number of nitrogens with one attached hydrogen (secondary N) is 1. The van der Waals surface area contributed by atoms with E-state index in [1.54, 1.807) is 4.90 Å². The van der Waals surface area contributed by atoms with Gasteiger partial charge in [0.2, 0.25) is 5.91 Å². The molecule has 5 rings (SSSR count). The second-order valence-corrected chi connectivity index (χ2v) is 12.0. The molecule has 1 fully saturated rings. The maximum Gasteiger partial charge on any atom is 0.573 e. The van der Waals surface area contributed by atoms with Crippen molar-refractivity contribution in [3.05, 3.63) is 89.7 Å². The Morgan fingerprint density at radius 3 is 2.61 bits per heavy atom. The van der Waals surface area contributed by atoms with Crippen LogP contribution in [-0.4, -0.2) is 50.5 Å². The van der Waals surface area contributed by atoms with E-state index in [1.165, 1.54) is 47.0 Å². The van der Waals surface area contributed by atoms with Gasteiger partial charge < -0.3 is 10.1 Å². The number of carbonyl (C=O) groups is 2. The molecule has 46 heavy (non-hydrogen) atoms. The Kier molecular flexibility index (Phi) is 10.1. The van der Waals surface area contributed by atoms with Gasteiger partial charge in [0.15, 0.2) is 11.0 Å².